The molecule has 4 nitrogen and oxygen atoms in total. The molecule has 0 aromatic carbocycles. The highest BCUT2D eigenvalue weighted by Gasteiger charge is 2.04. The molecule has 22 heavy (non-hydrogen) atoms. The van der Waals surface area contributed by atoms with Crippen molar-refractivity contribution in [1.82, 2.24) is 15.6 Å². The van der Waals surface area contributed by atoms with E-state index >= 15 is 0 Å². The molecular formula is C16H24ClIN4. The molecule has 1 aliphatic carbocycles. The Morgan fingerprint density at radius 2 is 2.18 bits per heavy atom. The molecule has 0 spiro atoms. The number of pyridine rings is 1. The summed E-state index contributed by atoms with van der Waals surface area (Å²) >= 11 is 5.77. The lowest BCUT2D eigenvalue weighted by Gasteiger charge is -2.15. The molecule has 0 bridgehead atoms. The van der Waals surface area contributed by atoms with Gasteiger partial charge in [-0.05, 0) is 43.7 Å². The van der Waals surface area contributed by atoms with E-state index in [2.05, 4.69) is 26.7 Å². The minimum absolute atomic E-state index is 0. The Hall–Kier alpha value is -0.820. The van der Waals surface area contributed by atoms with Crippen LogP contribution in [0.4, 0.5) is 0 Å². The number of guanidine groups is 1. The number of hydrogen-bond acceptors (Lipinski definition) is 2. The van der Waals surface area contributed by atoms with Crippen molar-refractivity contribution in [2.75, 3.05) is 13.6 Å². The Kier molecular flexibility index (Phi) is 9.47. The minimum Gasteiger partial charge on any atom is -0.356 e. The highest BCUT2D eigenvalue weighted by Crippen LogP contribution is 2.19. The van der Waals surface area contributed by atoms with E-state index in [4.69, 9.17) is 11.6 Å². The van der Waals surface area contributed by atoms with E-state index in [1.54, 1.807) is 24.9 Å². The first kappa shape index (κ1) is 19.2. The standard InChI is InChI=1S/C16H23ClN4.HI/c1-18-16(19-10-9-13-5-3-2-4-6-13)21-12-14-7-8-15(17)20-11-14;/h5,7-8,11H,2-4,6,9-10,12H2,1H3,(H2,18,19,21);1H. The fourth-order valence-electron chi connectivity index (χ4n) is 2.39. The SMILES string of the molecule is CN=C(NCCC1=CCCCC1)NCc1ccc(Cl)nc1.I. The van der Waals surface area contributed by atoms with Gasteiger partial charge in [-0.1, -0.05) is 29.3 Å². The Morgan fingerprint density at radius 3 is 2.82 bits per heavy atom. The van der Waals surface area contributed by atoms with E-state index in [1.807, 2.05) is 6.07 Å². The molecular weight excluding hydrogens is 411 g/mol. The lowest BCUT2D eigenvalue weighted by atomic mass is 9.97. The van der Waals surface area contributed by atoms with Gasteiger partial charge < -0.3 is 10.6 Å². The van der Waals surface area contributed by atoms with Crippen LogP contribution in [0.15, 0.2) is 35.0 Å². The van der Waals surface area contributed by atoms with E-state index in [0.29, 0.717) is 11.7 Å². The van der Waals surface area contributed by atoms with Gasteiger partial charge in [0, 0.05) is 26.3 Å². The predicted molar refractivity (Wildman–Crippen MR) is 104 cm³/mol. The van der Waals surface area contributed by atoms with Gasteiger partial charge in [0.15, 0.2) is 5.96 Å². The number of nitrogens with zero attached hydrogens (tertiary/aromatic N) is 2. The second kappa shape index (κ2) is 10.8. The summed E-state index contributed by atoms with van der Waals surface area (Å²) < 4.78 is 0. The molecule has 0 amide bonds. The van der Waals surface area contributed by atoms with Crippen LogP contribution in [0.2, 0.25) is 5.15 Å². The van der Waals surface area contributed by atoms with Gasteiger partial charge in [0.25, 0.3) is 0 Å². The fraction of sp³-hybridized carbons (Fsp3) is 0.500. The summed E-state index contributed by atoms with van der Waals surface area (Å²) in [7, 11) is 1.79. The van der Waals surface area contributed by atoms with Gasteiger partial charge in [0.05, 0.1) is 0 Å². The van der Waals surface area contributed by atoms with E-state index in [1.165, 1.54) is 25.7 Å². The molecule has 1 aromatic rings. The van der Waals surface area contributed by atoms with Gasteiger partial charge in [-0.25, -0.2) is 4.98 Å². The second-order valence-electron chi connectivity index (χ2n) is 5.20. The smallest absolute Gasteiger partial charge is 0.191 e. The van der Waals surface area contributed by atoms with Crippen LogP contribution in [0.5, 0.6) is 0 Å². The van der Waals surface area contributed by atoms with Crippen LogP contribution < -0.4 is 10.6 Å². The lowest BCUT2D eigenvalue weighted by Crippen LogP contribution is -2.37. The van der Waals surface area contributed by atoms with Crippen molar-refractivity contribution in [3.8, 4) is 0 Å². The van der Waals surface area contributed by atoms with Gasteiger partial charge >= 0.3 is 0 Å². The fourth-order valence-corrected chi connectivity index (χ4v) is 2.50. The average molecular weight is 435 g/mol. The molecule has 0 fully saturated rings. The van der Waals surface area contributed by atoms with Crippen LogP contribution in [0.1, 0.15) is 37.7 Å². The molecule has 0 unspecified atom stereocenters. The predicted octanol–water partition coefficient (Wildman–Crippen LogP) is 3.91. The van der Waals surface area contributed by atoms with Crippen molar-refractivity contribution >= 4 is 41.5 Å². The number of nitrogens with one attached hydrogen (secondary N) is 2. The molecule has 6 heteroatoms. The molecule has 1 aliphatic rings. The summed E-state index contributed by atoms with van der Waals surface area (Å²) in [6.45, 7) is 1.61. The molecule has 122 valence electrons. The van der Waals surface area contributed by atoms with E-state index in [-0.39, 0.29) is 24.0 Å². The Morgan fingerprint density at radius 1 is 1.32 bits per heavy atom. The lowest BCUT2D eigenvalue weighted by molar-refractivity contribution is 0.665. The zero-order valence-electron chi connectivity index (χ0n) is 12.9. The summed E-state index contributed by atoms with van der Waals surface area (Å²) in [6.07, 6.45) is 10.4. The van der Waals surface area contributed by atoms with Crippen LogP contribution in [0.25, 0.3) is 0 Å². The maximum atomic E-state index is 5.77. The van der Waals surface area contributed by atoms with Crippen LogP contribution in [-0.4, -0.2) is 24.5 Å². The largest absolute Gasteiger partial charge is 0.356 e. The molecule has 2 rings (SSSR count). The summed E-state index contributed by atoms with van der Waals surface area (Å²) in [5.41, 5.74) is 2.66. The van der Waals surface area contributed by atoms with E-state index in [9.17, 15) is 0 Å². The zero-order chi connectivity index (χ0) is 14.9. The van der Waals surface area contributed by atoms with Crippen molar-refractivity contribution < 1.29 is 0 Å². The third kappa shape index (κ3) is 6.96. The first-order valence-corrected chi connectivity index (χ1v) is 7.88. The summed E-state index contributed by atoms with van der Waals surface area (Å²) in [6, 6.07) is 3.76. The van der Waals surface area contributed by atoms with Crippen LogP contribution in [0, 0.1) is 0 Å². The summed E-state index contributed by atoms with van der Waals surface area (Å²) in [5.74, 6) is 0.821. The van der Waals surface area contributed by atoms with E-state index < -0.39 is 0 Å². The van der Waals surface area contributed by atoms with Crippen molar-refractivity contribution in [3.05, 3.63) is 40.7 Å². The Bertz CT molecular complexity index is 499. The highest BCUT2D eigenvalue weighted by molar-refractivity contribution is 14.0. The number of hydrogen-bond donors (Lipinski definition) is 2. The highest BCUT2D eigenvalue weighted by atomic mass is 127. The molecule has 2 N–H and O–H groups in total. The van der Waals surface area contributed by atoms with Gasteiger partial charge in [-0.2, -0.15) is 0 Å². The van der Waals surface area contributed by atoms with Gasteiger partial charge in [-0.15, -0.1) is 24.0 Å². The van der Waals surface area contributed by atoms with Crippen LogP contribution in [0.3, 0.4) is 0 Å². The Labute approximate surface area is 154 Å². The number of rotatable bonds is 5. The number of allylic oxidation sites excluding steroid dienone is 1. The first-order chi connectivity index (χ1) is 10.3. The maximum absolute atomic E-state index is 5.77. The quantitative estimate of drug-likeness (QED) is 0.243. The molecule has 0 atom stereocenters. The molecule has 1 aromatic heterocycles. The van der Waals surface area contributed by atoms with E-state index in [0.717, 1.165) is 24.5 Å². The third-order valence-corrected chi connectivity index (χ3v) is 3.82. The minimum atomic E-state index is 0. The van der Waals surface area contributed by atoms with Gasteiger partial charge in [-0.3, -0.25) is 4.99 Å². The molecule has 0 radical (unpaired) electrons. The molecule has 0 aliphatic heterocycles. The Balaban J connectivity index is 0.00000242. The monoisotopic (exact) mass is 434 g/mol. The normalized spacial score (nSPS) is 14.8. The second-order valence-corrected chi connectivity index (χ2v) is 5.59. The molecule has 0 saturated carbocycles. The van der Waals surface area contributed by atoms with Crippen molar-refractivity contribution in [1.29, 1.82) is 0 Å². The molecule has 0 saturated heterocycles. The number of aliphatic imine (C=N–C) groups is 1. The van der Waals surface area contributed by atoms with Gasteiger partial charge in [0.2, 0.25) is 0 Å². The topological polar surface area (TPSA) is 49.3 Å². The third-order valence-electron chi connectivity index (χ3n) is 3.60. The summed E-state index contributed by atoms with van der Waals surface area (Å²) in [5, 5.41) is 7.14. The van der Waals surface area contributed by atoms with Crippen molar-refractivity contribution in [2.24, 2.45) is 4.99 Å². The summed E-state index contributed by atoms with van der Waals surface area (Å²) in [4.78, 5) is 8.30. The first-order valence-electron chi connectivity index (χ1n) is 7.51. The zero-order valence-corrected chi connectivity index (χ0v) is 16.0. The number of aromatic nitrogens is 1. The average Bonchev–Trinajstić information content (AvgIpc) is 2.53. The van der Waals surface area contributed by atoms with Crippen molar-refractivity contribution in [2.45, 2.75) is 38.6 Å². The number of halogens is 2. The maximum Gasteiger partial charge on any atom is 0.191 e. The molecule has 1 heterocycles. The van der Waals surface area contributed by atoms with Gasteiger partial charge in [0.1, 0.15) is 5.15 Å². The van der Waals surface area contributed by atoms with Crippen LogP contribution in [-0.2, 0) is 6.54 Å². The van der Waals surface area contributed by atoms with Crippen molar-refractivity contribution in [3.63, 3.8) is 0 Å². The van der Waals surface area contributed by atoms with Crippen LogP contribution >= 0.6 is 35.6 Å².